The van der Waals surface area contributed by atoms with E-state index in [4.69, 9.17) is 4.42 Å². The molecule has 0 atom stereocenters. The van der Waals surface area contributed by atoms with E-state index in [9.17, 15) is 4.79 Å². The fraction of sp³-hybridized carbons (Fsp3) is 0.250. The first-order valence-corrected chi connectivity index (χ1v) is 8.70. The highest BCUT2D eigenvalue weighted by molar-refractivity contribution is 5.95. The third-order valence-electron chi connectivity index (χ3n) is 4.57. The highest BCUT2D eigenvalue weighted by Gasteiger charge is 2.24. The summed E-state index contributed by atoms with van der Waals surface area (Å²) in [7, 11) is 0. The molecule has 1 aliphatic rings. The standard InChI is InChI=1S/C20H20N4O2/c1-15-21-22-20(26-15)24-12-10-23(11-13-24)19(25)18-9-5-8-17(14-18)16-6-3-2-4-7-16/h2-9,14H,10-13H2,1H3. The van der Waals surface area contributed by atoms with E-state index in [1.807, 2.05) is 52.3 Å². The lowest BCUT2D eigenvalue weighted by Gasteiger charge is -2.33. The van der Waals surface area contributed by atoms with Crippen molar-refractivity contribution in [2.75, 3.05) is 31.1 Å². The number of nitrogens with zero attached hydrogens (tertiary/aromatic N) is 4. The van der Waals surface area contributed by atoms with Gasteiger partial charge in [0.2, 0.25) is 5.89 Å². The number of carbonyl (C=O) groups excluding carboxylic acids is 1. The summed E-state index contributed by atoms with van der Waals surface area (Å²) in [5.41, 5.74) is 2.88. The highest BCUT2D eigenvalue weighted by Crippen LogP contribution is 2.21. The van der Waals surface area contributed by atoms with Gasteiger partial charge >= 0.3 is 6.01 Å². The van der Waals surface area contributed by atoms with Gasteiger partial charge in [0.25, 0.3) is 5.91 Å². The quantitative estimate of drug-likeness (QED) is 0.728. The van der Waals surface area contributed by atoms with Crippen molar-refractivity contribution in [3.8, 4) is 11.1 Å². The molecule has 0 N–H and O–H groups in total. The van der Waals surface area contributed by atoms with Gasteiger partial charge in [-0.2, -0.15) is 0 Å². The van der Waals surface area contributed by atoms with Gasteiger partial charge in [0, 0.05) is 38.7 Å². The van der Waals surface area contributed by atoms with Gasteiger partial charge < -0.3 is 14.2 Å². The van der Waals surface area contributed by atoms with Crippen LogP contribution in [0.2, 0.25) is 0 Å². The Labute approximate surface area is 152 Å². The molecule has 1 fully saturated rings. The maximum absolute atomic E-state index is 12.9. The Morgan fingerprint density at radius 3 is 2.35 bits per heavy atom. The molecule has 0 unspecified atom stereocenters. The zero-order chi connectivity index (χ0) is 17.9. The van der Waals surface area contributed by atoms with Crippen molar-refractivity contribution >= 4 is 11.9 Å². The second-order valence-corrected chi connectivity index (χ2v) is 6.33. The van der Waals surface area contributed by atoms with Crippen LogP contribution in [0.25, 0.3) is 11.1 Å². The average Bonchev–Trinajstić information content (AvgIpc) is 3.15. The monoisotopic (exact) mass is 348 g/mol. The van der Waals surface area contributed by atoms with E-state index in [0.29, 0.717) is 43.6 Å². The van der Waals surface area contributed by atoms with Gasteiger partial charge in [0.1, 0.15) is 0 Å². The predicted molar refractivity (Wildman–Crippen MR) is 99.0 cm³/mol. The number of carbonyl (C=O) groups is 1. The third kappa shape index (κ3) is 3.31. The molecule has 2 heterocycles. The van der Waals surface area contributed by atoms with E-state index in [1.165, 1.54) is 0 Å². The van der Waals surface area contributed by atoms with Crippen molar-refractivity contribution < 1.29 is 9.21 Å². The van der Waals surface area contributed by atoms with Crippen LogP contribution < -0.4 is 4.90 Å². The van der Waals surface area contributed by atoms with Crippen LogP contribution in [0, 0.1) is 6.92 Å². The fourth-order valence-electron chi connectivity index (χ4n) is 3.16. The Balaban J connectivity index is 1.45. The summed E-state index contributed by atoms with van der Waals surface area (Å²) >= 11 is 0. The molecule has 0 radical (unpaired) electrons. The molecule has 0 spiro atoms. The topological polar surface area (TPSA) is 62.5 Å². The summed E-state index contributed by atoms with van der Waals surface area (Å²) in [6.45, 7) is 4.42. The molecule has 132 valence electrons. The number of amides is 1. The molecule has 1 aromatic heterocycles. The smallest absolute Gasteiger partial charge is 0.318 e. The van der Waals surface area contributed by atoms with Crippen molar-refractivity contribution in [3.05, 3.63) is 66.1 Å². The molecule has 2 aromatic carbocycles. The molecular weight excluding hydrogens is 328 g/mol. The lowest BCUT2D eigenvalue weighted by molar-refractivity contribution is 0.0745. The number of hydrogen-bond donors (Lipinski definition) is 0. The first-order valence-electron chi connectivity index (χ1n) is 8.70. The Bertz CT molecular complexity index is 899. The van der Waals surface area contributed by atoms with Crippen LogP contribution in [-0.2, 0) is 0 Å². The summed E-state index contributed by atoms with van der Waals surface area (Å²) in [4.78, 5) is 16.8. The first-order chi connectivity index (χ1) is 12.7. The number of anilines is 1. The van der Waals surface area contributed by atoms with Crippen LogP contribution in [0.15, 0.2) is 59.0 Å². The van der Waals surface area contributed by atoms with E-state index in [0.717, 1.165) is 11.1 Å². The molecule has 1 amide bonds. The summed E-state index contributed by atoms with van der Waals surface area (Å²) in [5.74, 6) is 0.611. The molecule has 1 saturated heterocycles. The molecule has 3 aromatic rings. The minimum Gasteiger partial charge on any atom is -0.408 e. The Hall–Kier alpha value is -3.15. The van der Waals surface area contributed by atoms with Crippen molar-refractivity contribution in [2.24, 2.45) is 0 Å². The van der Waals surface area contributed by atoms with E-state index in [2.05, 4.69) is 22.3 Å². The van der Waals surface area contributed by atoms with E-state index < -0.39 is 0 Å². The lowest BCUT2D eigenvalue weighted by Crippen LogP contribution is -2.49. The van der Waals surface area contributed by atoms with Gasteiger partial charge in [0.15, 0.2) is 0 Å². The minimum absolute atomic E-state index is 0.0594. The summed E-state index contributed by atoms with van der Waals surface area (Å²) < 4.78 is 5.47. The summed E-state index contributed by atoms with van der Waals surface area (Å²) in [6, 6.07) is 18.4. The maximum atomic E-state index is 12.9. The number of rotatable bonds is 3. The van der Waals surface area contributed by atoms with Gasteiger partial charge in [-0.05, 0) is 23.3 Å². The zero-order valence-corrected chi connectivity index (χ0v) is 14.6. The van der Waals surface area contributed by atoms with Gasteiger partial charge in [-0.25, -0.2) is 0 Å². The zero-order valence-electron chi connectivity index (χ0n) is 14.6. The van der Waals surface area contributed by atoms with Gasteiger partial charge in [-0.15, -0.1) is 5.10 Å². The number of aryl methyl sites for hydroxylation is 1. The summed E-state index contributed by atoms with van der Waals surface area (Å²) in [6.07, 6.45) is 0. The van der Waals surface area contributed by atoms with E-state index in [-0.39, 0.29) is 5.91 Å². The first kappa shape index (κ1) is 16.3. The SMILES string of the molecule is Cc1nnc(N2CCN(C(=O)c3cccc(-c4ccccc4)c3)CC2)o1. The van der Waals surface area contributed by atoms with Gasteiger partial charge in [0.05, 0.1) is 0 Å². The number of piperazine rings is 1. The maximum Gasteiger partial charge on any atom is 0.318 e. The van der Waals surface area contributed by atoms with Crippen LogP contribution in [0.5, 0.6) is 0 Å². The molecule has 26 heavy (non-hydrogen) atoms. The molecule has 6 heteroatoms. The molecule has 4 rings (SSSR count). The van der Waals surface area contributed by atoms with Crippen LogP contribution in [0.4, 0.5) is 6.01 Å². The number of benzene rings is 2. The number of hydrogen-bond acceptors (Lipinski definition) is 5. The largest absolute Gasteiger partial charge is 0.408 e. The van der Waals surface area contributed by atoms with E-state index in [1.54, 1.807) is 6.92 Å². The average molecular weight is 348 g/mol. The fourth-order valence-corrected chi connectivity index (χ4v) is 3.16. The van der Waals surface area contributed by atoms with Crippen LogP contribution >= 0.6 is 0 Å². The Morgan fingerprint density at radius 1 is 0.923 bits per heavy atom. The van der Waals surface area contributed by atoms with Crippen molar-refractivity contribution in [1.29, 1.82) is 0 Å². The Morgan fingerprint density at radius 2 is 1.65 bits per heavy atom. The van der Waals surface area contributed by atoms with Gasteiger partial charge in [-0.1, -0.05) is 47.6 Å². The van der Waals surface area contributed by atoms with Crippen LogP contribution in [0.1, 0.15) is 16.2 Å². The van der Waals surface area contributed by atoms with Crippen molar-refractivity contribution in [1.82, 2.24) is 15.1 Å². The number of aromatic nitrogens is 2. The molecular formula is C20H20N4O2. The molecule has 0 bridgehead atoms. The van der Waals surface area contributed by atoms with Crippen molar-refractivity contribution in [2.45, 2.75) is 6.92 Å². The molecule has 0 saturated carbocycles. The second-order valence-electron chi connectivity index (χ2n) is 6.33. The van der Waals surface area contributed by atoms with Crippen molar-refractivity contribution in [3.63, 3.8) is 0 Å². The Kier molecular flexibility index (Phi) is 4.39. The molecule has 0 aliphatic carbocycles. The van der Waals surface area contributed by atoms with E-state index >= 15 is 0 Å². The molecule has 1 aliphatic heterocycles. The minimum atomic E-state index is 0.0594. The van der Waals surface area contributed by atoms with Crippen LogP contribution in [0.3, 0.4) is 0 Å². The van der Waals surface area contributed by atoms with Crippen LogP contribution in [-0.4, -0.2) is 47.2 Å². The predicted octanol–water partition coefficient (Wildman–Crippen LogP) is 3.01. The summed E-state index contributed by atoms with van der Waals surface area (Å²) in [5, 5.41) is 7.91. The highest BCUT2D eigenvalue weighted by atomic mass is 16.4. The third-order valence-corrected chi connectivity index (χ3v) is 4.57. The lowest BCUT2D eigenvalue weighted by atomic mass is 10.0. The molecule has 6 nitrogen and oxygen atoms in total. The second kappa shape index (κ2) is 7.00. The normalized spacial score (nSPS) is 14.5. The van der Waals surface area contributed by atoms with Gasteiger partial charge in [-0.3, -0.25) is 4.79 Å².